The lowest BCUT2D eigenvalue weighted by molar-refractivity contribution is -0.107. The molecule has 0 fully saturated rings. The molecular weight excluding hydrogens is 264 g/mol. The van der Waals surface area contributed by atoms with E-state index >= 15 is 0 Å². The second kappa shape index (κ2) is 19.0. The Kier molecular flexibility index (Phi) is 19.0. The zero-order valence-electron chi connectivity index (χ0n) is 13.5. The molecule has 0 saturated carbocycles. The van der Waals surface area contributed by atoms with Crippen molar-refractivity contribution in [3.8, 4) is 0 Å². The largest absolute Gasteiger partial charge is 0.303 e. The third-order valence-corrected chi connectivity index (χ3v) is 4.30. The first kappa shape index (κ1) is 20.0. The van der Waals surface area contributed by atoms with Gasteiger partial charge in [0.25, 0.3) is 0 Å². The predicted molar refractivity (Wildman–Crippen MR) is 93.8 cm³/mol. The van der Waals surface area contributed by atoms with E-state index in [0.717, 1.165) is 24.9 Å². The van der Waals surface area contributed by atoms with Crippen LogP contribution >= 0.6 is 12.6 Å². The molecule has 0 spiro atoms. The van der Waals surface area contributed by atoms with E-state index in [0.29, 0.717) is 0 Å². The van der Waals surface area contributed by atoms with Gasteiger partial charge in [0.2, 0.25) is 0 Å². The molecule has 2 heteroatoms. The monoisotopic (exact) mass is 300 g/mol. The first-order valence-electron chi connectivity index (χ1n) is 8.96. The Labute approximate surface area is 132 Å². The van der Waals surface area contributed by atoms with E-state index in [1.165, 1.54) is 89.9 Å². The van der Waals surface area contributed by atoms with E-state index in [-0.39, 0.29) is 0 Å². The van der Waals surface area contributed by atoms with Crippen LogP contribution < -0.4 is 0 Å². The van der Waals surface area contributed by atoms with Gasteiger partial charge in [-0.15, -0.1) is 0 Å². The third-order valence-electron chi connectivity index (χ3n) is 3.98. The van der Waals surface area contributed by atoms with Gasteiger partial charge in [-0.1, -0.05) is 83.5 Å². The van der Waals surface area contributed by atoms with Gasteiger partial charge in [-0.25, -0.2) is 0 Å². The summed E-state index contributed by atoms with van der Waals surface area (Å²) in [5.41, 5.74) is 0. The summed E-state index contributed by atoms with van der Waals surface area (Å²) in [4.78, 5) is 10.1. The molecule has 0 aliphatic rings. The summed E-state index contributed by atoms with van der Waals surface area (Å²) in [6.45, 7) is 0. The average molecular weight is 301 g/mol. The maximum atomic E-state index is 10.1. The number of carbonyl (C=O) groups excluding carboxylic acids is 1. The van der Waals surface area contributed by atoms with Gasteiger partial charge in [0.15, 0.2) is 0 Å². The molecule has 0 unspecified atom stereocenters. The van der Waals surface area contributed by atoms with Crippen LogP contribution in [-0.4, -0.2) is 12.0 Å². The molecule has 0 saturated heterocycles. The number of thiol groups is 1. The summed E-state index contributed by atoms with van der Waals surface area (Å²) in [6, 6.07) is 0. The molecule has 0 aromatic heterocycles. The Bertz CT molecular complexity index is 182. The number of rotatable bonds is 17. The van der Waals surface area contributed by atoms with Gasteiger partial charge in [0.1, 0.15) is 6.29 Å². The molecule has 0 aliphatic carbocycles. The molecule has 120 valence electrons. The van der Waals surface area contributed by atoms with Gasteiger partial charge in [-0.3, -0.25) is 0 Å². The summed E-state index contributed by atoms with van der Waals surface area (Å²) in [5, 5.41) is 0. The highest BCUT2D eigenvalue weighted by molar-refractivity contribution is 7.80. The minimum Gasteiger partial charge on any atom is -0.303 e. The van der Waals surface area contributed by atoms with Crippen molar-refractivity contribution >= 4 is 18.9 Å². The van der Waals surface area contributed by atoms with Crippen molar-refractivity contribution in [2.75, 3.05) is 5.75 Å². The molecule has 0 heterocycles. The highest BCUT2D eigenvalue weighted by Gasteiger charge is 1.94. The van der Waals surface area contributed by atoms with Crippen LogP contribution in [0, 0.1) is 0 Å². The van der Waals surface area contributed by atoms with Crippen LogP contribution in [0.4, 0.5) is 0 Å². The normalized spacial score (nSPS) is 10.8. The first-order valence-corrected chi connectivity index (χ1v) is 9.59. The highest BCUT2D eigenvalue weighted by Crippen LogP contribution is 2.13. The Hall–Kier alpha value is 0.0200. The molecule has 0 N–H and O–H groups in total. The Morgan fingerprint density at radius 2 is 0.800 bits per heavy atom. The highest BCUT2D eigenvalue weighted by atomic mass is 32.1. The smallest absolute Gasteiger partial charge is 0.119 e. The fourth-order valence-corrected chi connectivity index (χ4v) is 2.86. The van der Waals surface area contributed by atoms with Gasteiger partial charge >= 0.3 is 0 Å². The van der Waals surface area contributed by atoms with Crippen LogP contribution in [0.5, 0.6) is 0 Å². The van der Waals surface area contributed by atoms with Crippen molar-refractivity contribution in [2.45, 2.75) is 103 Å². The lowest BCUT2D eigenvalue weighted by Gasteiger charge is -2.03. The molecule has 0 atom stereocenters. The molecule has 20 heavy (non-hydrogen) atoms. The quantitative estimate of drug-likeness (QED) is 0.188. The van der Waals surface area contributed by atoms with Crippen LogP contribution in [0.3, 0.4) is 0 Å². The molecule has 0 aliphatic heterocycles. The summed E-state index contributed by atoms with van der Waals surface area (Å²) >= 11 is 4.23. The van der Waals surface area contributed by atoms with Gasteiger partial charge < -0.3 is 4.79 Å². The van der Waals surface area contributed by atoms with Crippen molar-refractivity contribution in [1.29, 1.82) is 0 Å². The SMILES string of the molecule is O=CCCCCCCCCCCCCCCCCCS. The second-order valence-corrected chi connectivity index (χ2v) is 6.43. The van der Waals surface area contributed by atoms with E-state index in [1.807, 2.05) is 0 Å². The van der Waals surface area contributed by atoms with Crippen molar-refractivity contribution in [3.63, 3.8) is 0 Å². The fraction of sp³-hybridized carbons (Fsp3) is 0.944. The maximum absolute atomic E-state index is 10.1. The van der Waals surface area contributed by atoms with Gasteiger partial charge in [0.05, 0.1) is 0 Å². The first-order chi connectivity index (χ1) is 9.91. The van der Waals surface area contributed by atoms with E-state index in [9.17, 15) is 4.79 Å². The van der Waals surface area contributed by atoms with Crippen molar-refractivity contribution in [1.82, 2.24) is 0 Å². The number of hydrogen-bond donors (Lipinski definition) is 1. The van der Waals surface area contributed by atoms with Crippen LogP contribution in [0.2, 0.25) is 0 Å². The zero-order chi connectivity index (χ0) is 14.7. The lowest BCUT2D eigenvalue weighted by atomic mass is 10.0. The third kappa shape index (κ3) is 18.0. The summed E-state index contributed by atoms with van der Waals surface area (Å²) in [5.74, 6) is 1.05. The van der Waals surface area contributed by atoms with E-state index in [4.69, 9.17) is 0 Å². The molecular formula is C18H36OS. The summed E-state index contributed by atoms with van der Waals surface area (Å²) < 4.78 is 0. The van der Waals surface area contributed by atoms with Gasteiger partial charge in [0, 0.05) is 6.42 Å². The summed E-state index contributed by atoms with van der Waals surface area (Å²) in [6.07, 6.45) is 22.3. The minimum absolute atomic E-state index is 0.759. The molecule has 0 aromatic rings. The number of hydrogen-bond acceptors (Lipinski definition) is 2. The summed E-state index contributed by atoms with van der Waals surface area (Å²) in [7, 11) is 0. The number of aldehydes is 1. The topological polar surface area (TPSA) is 17.1 Å². The van der Waals surface area contributed by atoms with Crippen molar-refractivity contribution in [2.24, 2.45) is 0 Å². The van der Waals surface area contributed by atoms with Crippen molar-refractivity contribution in [3.05, 3.63) is 0 Å². The molecule has 0 amide bonds. The molecule has 1 nitrogen and oxygen atoms in total. The van der Waals surface area contributed by atoms with E-state index in [2.05, 4.69) is 12.6 Å². The van der Waals surface area contributed by atoms with Crippen LogP contribution in [0.15, 0.2) is 0 Å². The van der Waals surface area contributed by atoms with Crippen molar-refractivity contribution < 1.29 is 4.79 Å². The number of carbonyl (C=O) groups is 1. The Morgan fingerprint density at radius 1 is 0.500 bits per heavy atom. The van der Waals surface area contributed by atoms with Crippen LogP contribution in [-0.2, 0) is 4.79 Å². The van der Waals surface area contributed by atoms with Crippen LogP contribution in [0.1, 0.15) is 103 Å². The Morgan fingerprint density at radius 3 is 1.10 bits per heavy atom. The standard InChI is InChI=1S/C18H36OS/c19-17-15-13-11-9-7-5-3-1-2-4-6-8-10-12-14-16-18-20/h17,20H,1-16,18H2. The minimum atomic E-state index is 0.759. The predicted octanol–water partition coefficient (Wildman–Crippen LogP) is 6.36. The van der Waals surface area contributed by atoms with Gasteiger partial charge in [-0.2, -0.15) is 12.6 Å². The van der Waals surface area contributed by atoms with Crippen LogP contribution in [0.25, 0.3) is 0 Å². The number of unbranched alkanes of at least 4 members (excludes halogenated alkanes) is 15. The zero-order valence-corrected chi connectivity index (χ0v) is 14.3. The second-order valence-electron chi connectivity index (χ2n) is 5.98. The molecule has 0 radical (unpaired) electrons. The molecule has 0 aromatic carbocycles. The Balaban J connectivity index is 2.90. The average Bonchev–Trinajstić information content (AvgIpc) is 2.47. The van der Waals surface area contributed by atoms with E-state index in [1.54, 1.807) is 0 Å². The molecule has 0 rings (SSSR count). The fourth-order valence-electron chi connectivity index (χ4n) is 2.64. The van der Waals surface area contributed by atoms with Gasteiger partial charge in [-0.05, 0) is 18.6 Å². The molecule has 0 bridgehead atoms. The lowest BCUT2D eigenvalue weighted by Crippen LogP contribution is -1.84. The maximum Gasteiger partial charge on any atom is 0.119 e. The van der Waals surface area contributed by atoms with E-state index < -0.39 is 0 Å².